The summed E-state index contributed by atoms with van der Waals surface area (Å²) in [6, 6.07) is 17.4. The highest BCUT2D eigenvalue weighted by Gasteiger charge is 2.43. The average molecular weight is 977 g/mol. The minimum Gasteiger partial charge on any atom is -0.466 e. The van der Waals surface area contributed by atoms with Crippen LogP contribution in [0, 0.1) is 0 Å². The van der Waals surface area contributed by atoms with Crippen LogP contribution in [-0.4, -0.2) is 86.7 Å². The number of nitrogen functional groups attached to an aromatic ring is 2. The van der Waals surface area contributed by atoms with Gasteiger partial charge in [-0.1, -0.05) is 77.3 Å². The molecule has 0 spiro atoms. The molecule has 0 bridgehead atoms. The summed E-state index contributed by atoms with van der Waals surface area (Å²) < 4.78 is 38.9. The summed E-state index contributed by atoms with van der Waals surface area (Å²) in [5.41, 5.74) is 27.1. The number of anilines is 2. The van der Waals surface area contributed by atoms with Crippen molar-refractivity contribution in [1.29, 1.82) is 0 Å². The number of carbonyl (C=O) groups is 4. The number of aliphatic hydroxyl groups is 1. The van der Waals surface area contributed by atoms with Gasteiger partial charge in [0, 0.05) is 34.0 Å². The third-order valence-corrected chi connectivity index (χ3v) is 11.1. The number of primary sulfonamides is 1. The summed E-state index contributed by atoms with van der Waals surface area (Å²) in [7, 11) is -2.77. The van der Waals surface area contributed by atoms with Gasteiger partial charge in [0.25, 0.3) is 5.91 Å². The van der Waals surface area contributed by atoms with Crippen molar-refractivity contribution in [2.24, 2.45) is 27.3 Å². The number of methoxy groups -OCH3 is 1. The van der Waals surface area contributed by atoms with E-state index in [9.17, 15) is 32.7 Å². The molecule has 2 atom stereocenters. The van der Waals surface area contributed by atoms with Gasteiger partial charge in [-0.25, -0.2) is 33.1 Å². The number of hydrogen-bond donors (Lipinski definition) is 9. The largest absolute Gasteiger partial charge is 0.466 e. The van der Waals surface area contributed by atoms with Gasteiger partial charge in [0.05, 0.1) is 54.7 Å². The van der Waals surface area contributed by atoms with Crippen LogP contribution in [0.15, 0.2) is 99.2 Å². The number of amides is 2. The predicted octanol–water partition coefficient (Wildman–Crippen LogP) is 1.90. The number of guanidine groups is 1. The highest BCUT2D eigenvalue weighted by Crippen LogP contribution is 2.42. The summed E-state index contributed by atoms with van der Waals surface area (Å²) in [6.07, 6.45) is 0. The Hall–Kier alpha value is -6.37. The first-order chi connectivity index (χ1) is 30.6. The number of dihydropyridines is 1. The summed E-state index contributed by atoms with van der Waals surface area (Å²) in [4.78, 5) is 58.8. The number of nitrogens with zero attached hydrogens (tertiary/aromatic N) is 3. The molecule has 21 nitrogen and oxygen atoms in total. The second-order valence-electron chi connectivity index (χ2n) is 13.4. The Labute approximate surface area is 387 Å². The lowest BCUT2D eigenvalue weighted by atomic mass is 9.80. The number of benzene rings is 3. The van der Waals surface area contributed by atoms with E-state index < -0.39 is 51.4 Å². The fraction of sp³-hybridized carbons (Fsp3) is 0.225. The second kappa shape index (κ2) is 22.0. The molecule has 6 rings (SSSR count). The number of allylic oxidation sites excluding steroid dienone is 1. The smallest absolute Gasteiger partial charge is 0.336 e. The Morgan fingerprint density at radius 2 is 1.60 bits per heavy atom. The first kappa shape index (κ1) is 51.3. The minimum absolute atomic E-state index is 0.0625. The van der Waals surface area contributed by atoms with E-state index in [0.29, 0.717) is 51.8 Å². The Morgan fingerprint density at radius 3 is 2.22 bits per heavy atom. The number of hydrogen-bond acceptors (Lipinski definition) is 16. The van der Waals surface area contributed by atoms with Gasteiger partial charge >= 0.3 is 17.8 Å². The van der Waals surface area contributed by atoms with Crippen molar-refractivity contribution in [2.45, 2.75) is 30.4 Å². The summed E-state index contributed by atoms with van der Waals surface area (Å²) in [6.45, 7) is 4.42. The van der Waals surface area contributed by atoms with Crippen LogP contribution in [0.5, 0.6) is 0 Å². The number of carbonyl (C=O) groups excluding carboxylic acids is 4. The van der Waals surface area contributed by atoms with Crippen molar-refractivity contribution in [1.82, 2.24) is 20.6 Å². The number of aliphatic imine (C=N–C) groups is 1. The van der Waals surface area contributed by atoms with Gasteiger partial charge in [-0.05, 0) is 43.7 Å². The molecule has 2 aliphatic rings. The Kier molecular flexibility index (Phi) is 17.4. The molecule has 0 saturated heterocycles. The number of nitrogens with two attached hydrogens (primary N) is 6. The van der Waals surface area contributed by atoms with Crippen molar-refractivity contribution >= 4 is 86.2 Å². The Balaban J connectivity index is 0.000000223. The lowest BCUT2D eigenvalue weighted by Gasteiger charge is -2.31. The molecule has 3 aromatic carbocycles. The molecule has 0 fully saturated rings. The molecule has 1 aromatic heterocycles. The quantitative estimate of drug-likeness (QED) is 0.0448. The molecule has 4 aromatic rings. The number of ether oxygens (including phenoxy) is 3. The summed E-state index contributed by atoms with van der Waals surface area (Å²) in [5.74, 6) is -3.82. The third-order valence-electron chi connectivity index (χ3n) is 9.12. The predicted molar refractivity (Wildman–Crippen MR) is 241 cm³/mol. The van der Waals surface area contributed by atoms with Gasteiger partial charge in [0.1, 0.15) is 4.90 Å². The van der Waals surface area contributed by atoms with Crippen LogP contribution >= 0.6 is 34.8 Å². The molecular weight excluding hydrogens is 933 g/mol. The second-order valence-corrected chi connectivity index (χ2v) is 16.1. The molecule has 2 amide bonds. The number of aromatic nitrogens is 2. The molecular formula is C40H44Cl3N11O10S. The lowest BCUT2D eigenvalue weighted by Crippen LogP contribution is -2.40. The van der Waals surface area contributed by atoms with Crippen molar-refractivity contribution in [3.63, 3.8) is 0 Å². The molecule has 15 N–H and O–H groups in total. The van der Waals surface area contributed by atoms with Crippen LogP contribution in [-0.2, 0) is 39.5 Å². The first-order valence-electron chi connectivity index (χ1n) is 18.8. The van der Waals surface area contributed by atoms with Crippen molar-refractivity contribution < 1.29 is 46.9 Å². The van der Waals surface area contributed by atoms with E-state index in [1.165, 1.54) is 19.2 Å². The number of esters is 2. The topological polar surface area (TPSA) is 369 Å². The lowest BCUT2D eigenvalue weighted by molar-refractivity contribution is -0.139. The number of halogens is 3. The van der Waals surface area contributed by atoms with E-state index in [1.807, 2.05) is 0 Å². The molecule has 2 unspecified atom stereocenters. The molecule has 3 heterocycles. The maximum atomic E-state index is 12.9. The third kappa shape index (κ3) is 12.1. The Morgan fingerprint density at radius 1 is 0.938 bits per heavy atom. The molecule has 0 aliphatic carbocycles. The normalized spacial score (nSPS) is 16.4. The van der Waals surface area contributed by atoms with E-state index >= 15 is 0 Å². The van der Waals surface area contributed by atoms with E-state index in [1.54, 1.807) is 62.4 Å². The van der Waals surface area contributed by atoms with Crippen LogP contribution < -0.4 is 44.4 Å². The molecule has 25 heteroatoms. The first-order valence-corrected chi connectivity index (χ1v) is 21.5. The van der Waals surface area contributed by atoms with Crippen LogP contribution in [0.25, 0.3) is 0 Å². The van der Waals surface area contributed by atoms with E-state index in [0.717, 1.165) is 6.07 Å². The number of rotatable bonds is 11. The molecule has 0 radical (unpaired) electrons. The van der Waals surface area contributed by atoms with Gasteiger partial charge in [-0.3, -0.25) is 9.59 Å². The molecule has 2 aliphatic heterocycles. The maximum absolute atomic E-state index is 12.9. The van der Waals surface area contributed by atoms with Crippen LogP contribution in [0.2, 0.25) is 15.2 Å². The summed E-state index contributed by atoms with van der Waals surface area (Å²) >= 11 is 17.8. The van der Waals surface area contributed by atoms with Crippen LogP contribution in [0.1, 0.15) is 57.3 Å². The van der Waals surface area contributed by atoms with Crippen molar-refractivity contribution in [3.8, 4) is 0 Å². The van der Waals surface area contributed by atoms with E-state index in [-0.39, 0.29) is 56.8 Å². The van der Waals surface area contributed by atoms with Crippen molar-refractivity contribution in [3.05, 3.63) is 132 Å². The SMILES string of the molecule is CCOC(=O)C1=C(COCCN)NC(C)=C(C(=O)OC)C1c1ccccc1Cl.NC(N)=NC(=O)c1nc(Cl)c(N)nc1N.NS(=O)(=O)c1cc(C2(O)NC(=O)c3ccccc32)ccc1Cl. The average Bonchev–Trinajstić information content (AvgIpc) is 3.51. The van der Waals surface area contributed by atoms with Gasteiger partial charge in [-0.2, -0.15) is 4.99 Å². The fourth-order valence-corrected chi connectivity index (χ4v) is 7.80. The molecule has 0 saturated carbocycles. The number of nitrogens with one attached hydrogen (secondary N) is 2. The van der Waals surface area contributed by atoms with Gasteiger partial charge in [0.15, 0.2) is 34.2 Å². The zero-order valence-corrected chi connectivity index (χ0v) is 37.8. The van der Waals surface area contributed by atoms with Crippen LogP contribution in [0.4, 0.5) is 11.6 Å². The number of sulfonamides is 1. The Bertz CT molecular complexity index is 2720. The highest BCUT2D eigenvalue weighted by molar-refractivity contribution is 7.89. The van der Waals surface area contributed by atoms with E-state index in [4.69, 9.17) is 82.8 Å². The van der Waals surface area contributed by atoms with Gasteiger partial charge in [0.2, 0.25) is 10.0 Å². The zero-order valence-electron chi connectivity index (χ0n) is 34.7. The molecule has 65 heavy (non-hydrogen) atoms. The monoisotopic (exact) mass is 975 g/mol. The molecule has 346 valence electrons. The summed E-state index contributed by atoms with van der Waals surface area (Å²) in [5, 5.41) is 21.7. The van der Waals surface area contributed by atoms with Gasteiger partial charge in [-0.15, -0.1) is 0 Å². The standard InChI is InChI=1S/C20H25ClN2O5.C14H11ClN2O4S.C6H8ClN7O/c1-4-28-20(25)18-15(11-27-10-9-22)23-12(2)16(19(24)26-3)17(18)13-7-5-6-8-14(13)21;15-11-6-5-8(7-12(11)22(16,20)21)14(19)10-4-2-1-3-9(10)13(18)17-14;7-2-4(9)13-3(8)1(12-2)5(15)14-6(10)11/h5-8,17,23H,4,9-11,22H2,1-3H3;1-7,19H,(H,17,18)(H2,16,20,21);(H4,8,9,13)(H4,10,11,14,15). The zero-order chi connectivity index (χ0) is 48.4. The van der Waals surface area contributed by atoms with E-state index in [2.05, 4.69) is 25.6 Å². The maximum Gasteiger partial charge on any atom is 0.336 e. The minimum atomic E-state index is -4.06. The van der Waals surface area contributed by atoms with Crippen LogP contribution in [0.3, 0.4) is 0 Å². The fourth-order valence-electron chi connectivity index (χ4n) is 6.36. The van der Waals surface area contributed by atoms with Gasteiger partial charge < -0.3 is 58.6 Å². The van der Waals surface area contributed by atoms with Crippen molar-refractivity contribution in [2.75, 3.05) is 44.9 Å². The highest BCUT2D eigenvalue weighted by atomic mass is 35.5. The number of fused-ring (bicyclic) bond motifs is 1.